The smallest absolute Gasteiger partial charge is 0.550 e. The number of carboxylic acids is 1. The molecule has 1 N–H and O–H groups in total. The van der Waals surface area contributed by atoms with Crippen molar-refractivity contribution in [2.75, 3.05) is 0 Å². The first-order valence-corrected chi connectivity index (χ1v) is 7.99. The molecular formula is C18H29KO3. The van der Waals surface area contributed by atoms with Gasteiger partial charge in [0.1, 0.15) is 0 Å². The maximum atomic E-state index is 10.2. The van der Waals surface area contributed by atoms with Gasteiger partial charge in [0.15, 0.2) is 0 Å². The van der Waals surface area contributed by atoms with E-state index in [2.05, 4.69) is 37.3 Å². The normalized spacial score (nSPS) is 13.0. The Morgan fingerprint density at radius 1 is 1.05 bits per heavy atom. The van der Waals surface area contributed by atoms with E-state index in [0.717, 1.165) is 44.9 Å². The molecular weight excluding hydrogens is 303 g/mol. The van der Waals surface area contributed by atoms with E-state index in [9.17, 15) is 15.0 Å². The molecule has 0 amide bonds. The molecule has 0 saturated heterocycles. The van der Waals surface area contributed by atoms with Crippen molar-refractivity contribution < 1.29 is 66.4 Å². The minimum absolute atomic E-state index is 0. The van der Waals surface area contributed by atoms with Crippen molar-refractivity contribution >= 4 is 5.97 Å². The average Bonchev–Trinajstić information content (AvgIpc) is 2.44. The van der Waals surface area contributed by atoms with Crippen LogP contribution in [-0.4, -0.2) is 17.2 Å². The Morgan fingerprint density at radius 3 is 2.23 bits per heavy atom. The molecule has 0 aromatic carbocycles. The second kappa shape index (κ2) is 19.3. The largest absolute Gasteiger partial charge is 1.00 e. The van der Waals surface area contributed by atoms with Gasteiger partial charge in [0.05, 0.1) is 6.10 Å². The molecule has 0 heterocycles. The van der Waals surface area contributed by atoms with E-state index in [-0.39, 0.29) is 63.9 Å². The van der Waals surface area contributed by atoms with Crippen LogP contribution in [0.4, 0.5) is 0 Å². The predicted octanol–water partition coefficient (Wildman–Crippen LogP) is 0.301. The van der Waals surface area contributed by atoms with Gasteiger partial charge >= 0.3 is 51.4 Å². The van der Waals surface area contributed by atoms with Crippen molar-refractivity contribution in [1.82, 2.24) is 0 Å². The summed E-state index contributed by atoms with van der Waals surface area (Å²) in [5.41, 5.74) is 0. The Kier molecular flexibility index (Phi) is 21.6. The van der Waals surface area contributed by atoms with Crippen molar-refractivity contribution in [1.29, 1.82) is 0 Å². The molecule has 0 aliphatic carbocycles. The summed E-state index contributed by atoms with van der Waals surface area (Å²) in [7, 11) is 0. The molecule has 1 atom stereocenters. The Hall–Kier alpha value is 0.286. The molecule has 1 unspecified atom stereocenters. The summed E-state index contributed by atoms with van der Waals surface area (Å²) in [5.74, 6) is -0.961. The van der Waals surface area contributed by atoms with Crippen LogP contribution >= 0.6 is 0 Å². The molecule has 0 fully saturated rings. The number of carboxylic acid groups (broad SMARTS) is 1. The van der Waals surface area contributed by atoms with Gasteiger partial charge in [-0.3, -0.25) is 0 Å². The monoisotopic (exact) mass is 332 g/mol. The fraction of sp³-hybridized carbons (Fsp3) is 0.611. The number of aliphatic hydroxyl groups is 1. The molecule has 0 aliphatic rings. The van der Waals surface area contributed by atoms with E-state index in [1.54, 1.807) is 0 Å². The van der Waals surface area contributed by atoms with Crippen molar-refractivity contribution in [3.05, 3.63) is 36.5 Å². The number of rotatable bonds is 13. The molecule has 0 aliphatic heterocycles. The van der Waals surface area contributed by atoms with Crippen molar-refractivity contribution in [2.24, 2.45) is 0 Å². The zero-order valence-electron chi connectivity index (χ0n) is 14.2. The number of aliphatic hydroxyl groups excluding tert-OH is 1. The molecule has 0 saturated carbocycles. The van der Waals surface area contributed by atoms with Crippen molar-refractivity contribution in [3.8, 4) is 0 Å². The summed E-state index contributed by atoms with van der Waals surface area (Å²) >= 11 is 0. The Labute approximate surface area is 178 Å². The van der Waals surface area contributed by atoms with E-state index in [1.807, 2.05) is 6.08 Å². The van der Waals surface area contributed by atoms with Crippen LogP contribution in [0.25, 0.3) is 0 Å². The fourth-order valence-corrected chi connectivity index (χ4v) is 1.90. The van der Waals surface area contributed by atoms with Crippen molar-refractivity contribution in [3.63, 3.8) is 0 Å². The van der Waals surface area contributed by atoms with E-state index in [4.69, 9.17) is 0 Å². The maximum absolute atomic E-state index is 10.2. The molecule has 0 bridgehead atoms. The second-order valence-corrected chi connectivity index (χ2v) is 5.18. The summed E-state index contributed by atoms with van der Waals surface area (Å²) in [6, 6.07) is 0. The number of allylic oxidation sites excluding steroid dienone is 5. The van der Waals surface area contributed by atoms with Crippen LogP contribution in [0, 0.1) is 0 Å². The van der Waals surface area contributed by atoms with Crippen LogP contribution in [-0.2, 0) is 4.79 Å². The summed E-state index contributed by atoms with van der Waals surface area (Å²) in [6.07, 6.45) is 19.5. The minimum Gasteiger partial charge on any atom is -0.550 e. The summed E-state index contributed by atoms with van der Waals surface area (Å²) in [5, 5.41) is 19.7. The van der Waals surface area contributed by atoms with Crippen LogP contribution in [0.1, 0.15) is 64.7 Å². The first-order valence-electron chi connectivity index (χ1n) is 7.99. The zero-order valence-corrected chi connectivity index (χ0v) is 17.3. The molecule has 0 spiro atoms. The number of carbonyl (C=O) groups is 1. The Morgan fingerprint density at radius 2 is 1.64 bits per heavy atom. The SMILES string of the molecule is CCCC(O)C/C=C\C/C=C\C/C=C\CCCCC(=O)[O-].[K+]. The quantitative estimate of drug-likeness (QED) is 0.300. The third-order valence-corrected chi connectivity index (χ3v) is 3.08. The molecule has 120 valence electrons. The van der Waals surface area contributed by atoms with Crippen LogP contribution in [0.2, 0.25) is 0 Å². The third kappa shape index (κ3) is 20.3. The molecule has 0 rings (SSSR count). The van der Waals surface area contributed by atoms with Gasteiger partial charge in [-0.2, -0.15) is 0 Å². The van der Waals surface area contributed by atoms with Crippen LogP contribution in [0.5, 0.6) is 0 Å². The third-order valence-electron chi connectivity index (χ3n) is 3.08. The standard InChI is InChI=1S/C18H30O3.K/c1-2-14-17(19)15-12-10-8-6-4-3-5-7-9-11-13-16-18(20)21;/h4-7,10,12,17,19H,2-3,8-9,11,13-16H2,1H3,(H,20,21);/q;+1/p-1/b6-4-,7-5-,12-10-;. The summed E-state index contributed by atoms with van der Waals surface area (Å²) in [6.45, 7) is 2.08. The number of unbranched alkanes of at least 4 members (excludes halogenated alkanes) is 2. The van der Waals surface area contributed by atoms with Crippen LogP contribution in [0.3, 0.4) is 0 Å². The maximum Gasteiger partial charge on any atom is 1.00 e. The van der Waals surface area contributed by atoms with E-state index < -0.39 is 5.97 Å². The molecule has 22 heavy (non-hydrogen) atoms. The first kappa shape index (κ1) is 24.5. The summed E-state index contributed by atoms with van der Waals surface area (Å²) < 4.78 is 0. The van der Waals surface area contributed by atoms with Gasteiger partial charge in [-0.1, -0.05) is 49.8 Å². The van der Waals surface area contributed by atoms with Gasteiger partial charge in [0.25, 0.3) is 0 Å². The van der Waals surface area contributed by atoms with Crippen molar-refractivity contribution in [2.45, 2.75) is 70.8 Å². The number of hydrogen-bond acceptors (Lipinski definition) is 3. The van der Waals surface area contributed by atoms with E-state index in [1.165, 1.54) is 0 Å². The Bertz CT molecular complexity index is 335. The minimum atomic E-state index is -0.961. The molecule has 0 radical (unpaired) electrons. The Balaban J connectivity index is 0. The first-order chi connectivity index (χ1) is 10.2. The van der Waals surface area contributed by atoms with E-state index >= 15 is 0 Å². The molecule has 0 aromatic heterocycles. The summed E-state index contributed by atoms with van der Waals surface area (Å²) in [4.78, 5) is 10.2. The second-order valence-electron chi connectivity index (χ2n) is 5.18. The van der Waals surface area contributed by atoms with Gasteiger partial charge in [-0.15, -0.1) is 0 Å². The average molecular weight is 333 g/mol. The van der Waals surface area contributed by atoms with Gasteiger partial charge in [-0.05, 0) is 51.4 Å². The number of hydrogen-bond donors (Lipinski definition) is 1. The molecule has 0 aromatic rings. The molecule has 4 heteroatoms. The topological polar surface area (TPSA) is 60.4 Å². The van der Waals surface area contributed by atoms with Gasteiger partial charge < -0.3 is 15.0 Å². The predicted molar refractivity (Wildman–Crippen MR) is 85.7 cm³/mol. The van der Waals surface area contributed by atoms with Crippen LogP contribution in [0.15, 0.2) is 36.5 Å². The van der Waals surface area contributed by atoms with E-state index in [0.29, 0.717) is 6.42 Å². The number of aliphatic carboxylic acids is 1. The fourth-order valence-electron chi connectivity index (χ4n) is 1.90. The van der Waals surface area contributed by atoms with Crippen LogP contribution < -0.4 is 56.5 Å². The zero-order chi connectivity index (χ0) is 15.8. The van der Waals surface area contributed by atoms with Gasteiger partial charge in [0, 0.05) is 5.97 Å². The van der Waals surface area contributed by atoms with Gasteiger partial charge in [-0.25, -0.2) is 0 Å². The number of carbonyl (C=O) groups excluding carboxylic acids is 1. The van der Waals surface area contributed by atoms with Gasteiger partial charge in [0.2, 0.25) is 0 Å². The molecule has 3 nitrogen and oxygen atoms in total.